The second kappa shape index (κ2) is 10.2. The number of nitro groups is 1. The van der Waals surface area contributed by atoms with E-state index in [1.807, 2.05) is 0 Å². The number of hydrogen-bond acceptors (Lipinski definition) is 4. The Morgan fingerprint density at radius 3 is 2.43 bits per heavy atom. The number of unbranched alkanes of at least 4 members (excludes halogenated alkanes) is 6. The molecule has 0 aliphatic heterocycles. The molecule has 1 aromatic rings. The summed E-state index contributed by atoms with van der Waals surface area (Å²) in [5, 5.41) is 19.9. The Bertz CT molecular complexity index is 434. The van der Waals surface area contributed by atoms with Crippen molar-refractivity contribution >= 4 is 5.69 Å². The summed E-state index contributed by atoms with van der Waals surface area (Å²) >= 11 is 0. The maximum Gasteiger partial charge on any atom is 0.270 e. The van der Waals surface area contributed by atoms with Crippen molar-refractivity contribution in [2.24, 2.45) is 0 Å². The lowest BCUT2D eigenvalue weighted by atomic mass is 10.1. The van der Waals surface area contributed by atoms with Gasteiger partial charge in [-0.1, -0.05) is 45.4 Å². The largest absolute Gasteiger partial charge is 0.493 e. The average Bonchev–Trinajstić information content (AvgIpc) is 2.49. The van der Waals surface area contributed by atoms with Gasteiger partial charge in [0.05, 0.1) is 18.1 Å². The van der Waals surface area contributed by atoms with Crippen LogP contribution in [-0.2, 0) is 6.61 Å². The van der Waals surface area contributed by atoms with Crippen LogP contribution in [0.3, 0.4) is 0 Å². The number of rotatable bonds is 11. The molecule has 0 saturated heterocycles. The van der Waals surface area contributed by atoms with Gasteiger partial charge in [0.2, 0.25) is 0 Å². The summed E-state index contributed by atoms with van der Waals surface area (Å²) in [7, 11) is 0. The van der Waals surface area contributed by atoms with Crippen LogP contribution in [0.4, 0.5) is 5.69 Å². The van der Waals surface area contributed by atoms with E-state index in [1.54, 1.807) is 6.07 Å². The Morgan fingerprint density at radius 2 is 1.81 bits per heavy atom. The van der Waals surface area contributed by atoms with E-state index in [0.29, 0.717) is 17.9 Å². The number of aliphatic hydroxyl groups excluding tert-OH is 1. The van der Waals surface area contributed by atoms with Gasteiger partial charge in [-0.3, -0.25) is 10.1 Å². The molecule has 0 heterocycles. The Balaban J connectivity index is 2.30. The summed E-state index contributed by atoms with van der Waals surface area (Å²) in [6, 6.07) is 4.32. The monoisotopic (exact) mass is 295 g/mol. The van der Waals surface area contributed by atoms with Crippen LogP contribution in [0.15, 0.2) is 18.2 Å². The number of non-ortho nitro benzene ring substituents is 1. The molecular formula is C16H25NO4. The van der Waals surface area contributed by atoms with Crippen LogP contribution in [0.1, 0.15) is 57.4 Å². The first-order valence-corrected chi connectivity index (χ1v) is 7.70. The minimum absolute atomic E-state index is 0.0256. The van der Waals surface area contributed by atoms with E-state index in [4.69, 9.17) is 4.74 Å². The molecule has 0 bridgehead atoms. The predicted molar refractivity (Wildman–Crippen MR) is 82.5 cm³/mol. The Hall–Kier alpha value is -1.62. The maximum atomic E-state index is 10.7. The van der Waals surface area contributed by atoms with Gasteiger partial charge in [-0.15, -0.1) is 0 Å². The lowest BCUT2D eigenvalue weighted by Crippen LogP contribution is -2.01. The van der Waals surface area contributed by atoms with Crippen molar-refractivity contribution < 1.29 is 14.8 Å². The zero-order valence-corrected chi connectivity index (χ0v) is 12.7. The second-order valence-electron chi connectivity index (χ2n) is 5.18. The van der Waals surface area contributed by atoms with Crippen molar-refractivity contribution in [3.63, 3.8) is 0 Å². The molecule has 5 heteroatoms. The lowest BCUT2D eigenvalue weighted by molar-refractivity contribution is -0.385. The average molecular weight is 295 g/mol. The third-order valence-electron chi connectivity index (χ3n) is 3.43. The minimum Gasteiger partial charge on any atom is -0.493 e. The van der Waals surface area contributed by atoms with Crippen LogP contribution >= 0.6 is 0 Å². The first-order chi connectivity index (χ1) is 10.2. The van der Waals surface area contributed by atoms with E-state index in [-0.39, 0.29) is 12.3 Å². The summed E-state index contributed by atoms with van der Waals surface area (Å²) in [4.78, 5) is 10.2. The SMILES string of the molecule is CCCCCCCCCOc1ccc([N+](=O)[O-])cc1CO. The highest BCUT2D eigenvalue weighted by Gasteiger charge is 2.10. The van der Waals surface area contributed by atoms with Crippen LogP contribution in [-0.4, -0.2) is 16.6 Å². The molecule has 1 aromatic carbocycles. The molecule has 0 aromatic heterocycles. The van der Waals surface area contributed by atoms with Gasteiger partial charge in [0.25, 0.3) is 5.69 Å². The lowest BCUT2D eigenvalue weighted by Gasteiger charge is -2.10. The summed E-state index contributed by atoms with van der Waals surface area (Å²) in [6.45, 7) is 2.53. The van der Waals surface area contributed by atoms with E-state index in [2.05, 4.69) is 6.92 Å². The fourth-order valence-electron chi connectivity index (χ4n) is 2.19. The summed E-state index contributed by atoms with van der Waals surface area (Å²) < 4.78 is 5.61. The number of aliphatic hydroxyl groups is 1. The number of hydrogen-bond donors (Lipinski definition) is 1. The van der Waals surface area contributed by atoms with Gasteiger partial charge in [0, 0.05) is 17.7 Å². The van der Waals surface area contributed by atoms with Gasteiger partial charge in [0.15, 0.2) is 0 Å². The molecule has 21 heavy (non-hydrogen) atoms. The Labute approximate surface area is 126 Å². The second-order valence-corrected chi connectivity index (χ2v) is 5.18. The Kier molecular flexibility index (Phi) is 8.43. The first kappa shape index (κ1) is 17.4. The van der Waals surface area contributed by atoms with E-state index in [0.717, 1.165) is 12.8 Å². The molecule has 0 unspecified atom stereocenters. The fraction of sp³-hybridized carbons (Fsp3) is 0.625. The predicted octanol–water partition coefficient (Wildman–Crippen LogP) is 4.22. The van der Waals surface area contributed by atoms with Gasteiger partial charge < -0.3 is 9.84 Å². The molecular weight excluding hydrogens is 270 g/mol. The summed E-state index contributed by atoms with van der Waals surface area (Å²) in [5.74, 6) is 0.536. The third-order valence-corrected chi connectivity index (χ3v) is 3.43. The van der Waals surface area contributed by atoms with Crippen molar-refractivity contribution in [3.05, 3.63) is 33.9 Å². The highest BCUT2D eigenvalue weighted by Crippen LogP contribution is 2.24. The van der Waals surface area contributed by atoms with E-state index >= 15 is 0 Å². The van der Waals surface area contributed by atoms with E-state index < -0.39 is 4.92 Å². The number of nitro benzene ring substituents is 1. The molecule has 0 atom stereocenters. The van der Waals surface area contributed by atoms with Crippen molar-refractivity contribution in [2.75, 3.05) is 6.61 Å². The quantitative estimate of drug-likeness (QED) is 0.377. The number of nitrogens with zero attached hydrogens (tertiary/aromatic N) is 1. The molecule has 0 fully saturated rings. The van der Waals surface area contributed by atoms with Gasteiger partial charge >= 0.3 is 0 Å². The Morgan fingerprint density at radius 1 is 1.14 bits per heavy atom. The molecule has 1 rings (SSSR count). The van der Waals surface area contributed by atoms with Crippen LogP contribution in [0.5, 0.6) is 5.75 Å². The first-order valence-electron chi connectivity index (χ1n) is 7.70. The van der Waals surface area contributed by atoms with Crippen molar-refractivity contribution in [2.45, 2.75) is 58.5 Å². The molecule has 0 amide bonds. The number of ether oxygens (including phenoxy) is 1. The third kappa shape index (κ3) is 6.58. The molecule has 0 aliphatic carbocycles. The topological polar surface area (TPSA) is 72.6 Å². The smallest absolute Gasteiger partial charge is 0.270 e. The van der Waals surface area contributed by atoms with Gasteiger partial charge in [-0.05, 0) is 12.5 Å². The zero-order chi connectivity index (χ0) is 15.5. The van der Waals surface area contributed by atoms with Crippen LogP contribution in [0.25, 0.3) is 0 Å². The molecule has 0 aliphatic rings. The molecule has 0 radical (unpaired) electrons. The molecule has 0 saturated carbocycles. The van der Waals surface area contributed by atoms with Crippen molar-refractivity contribution in [1.29, 1.82) is 0 Å². The standard InChI is InChI=1S/C16H25NO4/c1-2-3-4-5-6-7-8-11-21-16-10-9-15(17(19)20)12-14(16)13-18/h9-10,12,18H,2-8,11,13H2,1H3. The van der Waals surface area contributed by atoms with Crippen LogP contribution in [0, 0.1) is 10.1 Å². The van der Waals surface area contributed by atoms with Crippen LogP contribution in [0.2, 0.25) is 0 Å². The van der Waals surface area contributed by atoms with Gasteiger partial charge in [0.1, 0.15) is 5.75 Å². The fourth-order valence-corrected chi connectivity index (χ4v) is 2.19. The van der Waals surface area contributed by atoms with Gasteiger partial charge in [-0.25, -0.2) is 0 Å². The molecule has 0 spiro atoms. The molecule has 118 valence electrons. The maximum absolute atomic E-state index is 10.7. The normalized spacial score (nSPS) is 10.6. The van der Waals surface area contributed by atoms with Crippen molar-refractivity contribution in [1.82, 2.24) is 0 Å². The van der Waals surface area contributed by atoms with E-state index in [9.17, 15) is 15.2 Å². The van der Waals surface area contributed by atoms with E-state index in [1.165, 1.54) is 44.2 Å². The zero-order valence-electron chi connectivity index (χ0n) is 12.7. The number of benzene rings is 1. The minimum atomic E-state index is -0.473. The summed E-state index contributed by atoms with van der Waals surface area (Å²) in [6.07, 6.45) is 8.45. The van der Waals surface area contributed by atoms with Gasteiger partial charge in [-0.2, -0.15) is 0 Å². The highest BCUT2D eigenvalue weighted by atomic mass is 16.6. The van der Waals surface area contributed by atoms with Crippen LogP contribution < -0.4 is 4.74 Å². The highest BCUT2D eigenvalue weighted by molar-refractivity contribution is 5.43. The molecule has 5 nitrogen and oxygen atoms in total. The molecule has 1 N–H and O–H groups in total. The summed E-state index contributed by atoms with van der Waals surface area (Å²) in [5.41, 5.74) is 0.439. The van der Waals surface area contributed by atoms with Crippen molar-refractivity contribution in [3.8, 4) is 5.75 Å².